The van der Waals surface area contributed by atoms with Gasteiger partial charge in [0.2, 0.25) is 0 Å². The minimum Gasteiger partial charge on any atom is -0.417 e. The molecule has 0 fully saturated rings. The standard InChI is InChI=1S/C9H5Cl2NO2/c10-6-1-2-8(7(11)5-6)14-9-12-3-4-13-9/h1-5H. The molecule has 1 heterocycles. The first-order valence-corrected chi connectivity index (χ1v) is 4.54. The summed E-state index contributed by atoms with van der Waals surface area (Å²) in [7, 11) is 0. The predicted molar refractivity (Wildman–Crippen MR) is 53.0 cm³/mol. The summed E-state index contributed by atoms with van der Waals surface area (Å²) in [5.41, 5.74) is 0. The zero-order valence-corrected chi connectivity index (χ0v) is 8.42. The van der Waals surface area contributed by atoms with E-state index in [1.54, 1.807) is 18.2 Å². The Morgan fingerprint density at radius 1 is 1.29 bits per heavy atom. The van der Waals surface area contributed by atoms with Crippen LogP contribution >= 0.6 is 23.2 Å². The van der Waals surface area contributed by atoms with Crippen molar-refractivity contribution >= 4 is 23.2 Å². The molecule has 2 aromatic rings. The molecule has 0 saturated carbocycles. The molecule has 0 amide bonds. The van der Waals surface area contributed by atoms with Gasteiger partial charge in [-0.2, -0.15) is 4.98 Å². The van der Waals surface area contributed by atoms with Crippen molar-refractivity contribution in [2.45, 2.75) is 0 Å². The Bertz CT molecular complexity index is 428. The zero-order valence-electron chi connectivity index (χ0n) is 6.91. The summed E-state index contributed by atoms with van der Waals surface area (Å²) >= 11 is 11.6. The number of ether oxygens (including phenoxy) is 1. The van der Waals surface area contributed by atoms with Crippen LogP contribution in [0, 0.1) is 0 Å². The number of halogens is 2. The molecule has 1 aromatic heterocycles. The maximum Gasteiger partial charge on any atom is 0.399 e. The summed E-state index contributed by atoms with van der Waals surface area (Å²) in [4.78, 5) is 3.79. The molecular formula is C9H5Cl2NO2. The molecule has 14 heavy (non-hydrogen) atoms. The molecule has 1 aromatic carbocycles. The normalized spacial score (nSPS) is 10.1. The van der Waals surface area contributed by atoms with E-state index in [1.165, 1.54) is 12.5 Å². The van der Waals surface area contributed by atoms with Gasteiger partial charge in [0.25, 0.3) is 0 Å². The van der Waals surface area contributed by atoms with E-state index in [1.807, 2.05) is 0 Å². The van der Waals surface area contributed by atoms with Gasteiger partial charge in [-0.05, 0) is 18.2 Å². The quantitative estimate of drug-likeness (QED) is 0.787. The summed E-state index contributed by atoms with van der Waals surface area (Å²) in [6, 6.07) is 4.90. The van der Waals surface area contributed by atoms with Crippen LogP contribution in [0.3, 0.4) is 0 Å². The SMILES string of the molecule is Clc1ccc(Oc2ncco2)c(Cl)c1. The average molecular weight is 230 g/mol. The number of hydrogen-bond donors (Lipinski definition) is 0. The van der Waals surface area contributed by atoms with Gasteiger partial charge in [0.15, 0.2) is 5.75 Å². The molecule has 0 bridgehead atoms. The second-order valence-corrected chi connectivity index (χ2v) is 3.32. The van der Waals surface area contributed by atoms with E-state index in [9.17, 15) is 0 Å². The number of benzene rings is 1. The highest BCUT2D eigenvalue weighted by Crippen LogP contribution is 2.30. The summed E-state index contributed by atoms with van der Waals surface area (Å²) in [5, 5.41) is 0.963. The van der Waals surface area contributed by atoms with Gasteiger partial charge in [-0.15, -0.1) is 0 Å². The summed E-state index contributed by atoms with van der Waals surface area (Å²) < 4.78 is 10.1. The molecule has 0 aliphatic rings. The number of nitrogens with zero attached hydrogens (tertiary/aromatic N) is 1. The van der Waals surface area contributed by atoms with Gasteiger partial charge >= 0.3 is 6.08 Å². The number of rotatable bonds is 2. The molecule has 0 radical (unpaired) electrons. The van der Waals surface area contributed by atoms with E-state index >= 15 is 0 Å². The topological polar surface area (TPSA) is 35.3 Å². The van der Waals surface area contributed by atoms with Crippen LogP contribution in [-0.4, -0.2) is 4.98 Å². The minimum absolute atomic E-state index is 0.147. The van der Waals surface area contributed by atoms with Crippen LogP contribution < -0.4 is 4.74 Å². The van der Waals surface area contributed by atoms with Gasteiger partial charge in [-0.1, -0.05) is 23.2 Å². The van der Waals surface area contributed by atoms with E-state index in [0.29, 0.717) is 15.8 Å². The molecule has 0 spiro atoms. The Morgan fingerprint density at radius 3 is 2.79 bits per heavy atom. The number of oxazole rings is 1. The molecule has 0 aliphatic carbocycles. The lowest BCUT2D eigenvalue weighted by molar-refractivity contribution is 0.331. The molecule has 0 saturated heterocycles. The summed E-state index contributed by atoms with van der Waals surface area (Å²) in [6.07, 6.45) is 3.05. The highest BCUT2D eigenvalue weighted by molar-refractivity contribution is 6.35. The van der Waals surface area contributed by atoms with Crippen molar-refractivity contribution in [2.24, 2.45) is 0 Å². The lowest BCUT2D eigenvalue weighted by atomic mass is 10.3. The summed E-state index contributed by atoms with van der Waals surface area (Å²) in [5.74, 6) is 0.457. The van der Waals surface area contributed by atoms with Crippen molar-refractivity contribution in [3.05, 3.63) is 40.7 Å². The molecule has 72 valence electrons. The Hall–Kier alpha value is -1.19. The van der Waals surface area contributed by atoms with Crippen LogP contribution in [-0.2, 0) is 0 Å². The largest absolute Gasteiger partial charge is 0.417 e. The van der Waals surface area contributed by atoms with Gasteiger partial charge < -0.3 is 9.15 Å². The van der Waals surface area contributed by atoms with Crippen LogP contribution in [0.4, 0.5) is 0 Å². The second kappa shape index (κ2) is 3.90. The van der Waals surface area contributed by atoms with E-state index in [0.717, 1.165) is 0 Å². The first kappa shape index (κ1) is 9.37. The van der Waals surface area contributed by atoms with Gasteiger partial charge in [0, 0.05) is 5.02 Å². The smallest absolute Gasteiger partial charge is 0.399 e. The van der Waals surface area contributed by atoms with Gasteiger partial charge in [-0.25, -0.2) is 0 Å². The Morgan fingerprint density at radius 2 is 2.14 bits per heavy atom. The second-order valence-electron chi connectivity index (χ2n) is 2.47. The maximum atomic E-state index is 5.87. The third-order valence-corrected chi connectivity index (χ3v) is 2.03. The van der Waals surface area contributed by atoms with E-state index in [-0.39, 0.29) is 6.08 Å². The Labute approximate surface area is 90.2 Å². The molecule has 0 N–H and O–H groups in total. The van der Waals surface area contributed by atoms with E-state index < -0.39 is 0 Å². The van der Waals surface area contributed by atoms with Crippen LogP contribution in [0.5, 0.6) is 11.8 Å². The third kappa shape index (κ3) is 2.00. The molecule has 3 nitrogen and oxygen atoms in total. The van der Waals surface area contributed by atoms with Crippen LogP contribution in [0.1, 0.15) is 0 Å². The highest BCUT2D eigenvalue weighted by Gasteiger charge is 2.05. The van der Waals surface area contributed by atoms with Gasteiger partial charge in [0.05, 0.1) is 11.2 Å². The van der Waals surface area contributed by atoms with Crippen molar-refractivity contribution in [3.8, 4) is 11.8 Å². The third-order valence-electron chi connectivity index (χ3n) is 1.50. The highest BCUT2D eigenvalue weighted by atomic mass is 35.5. The van der Waals surface area contributed by atoms with E-state index in [4.69, 9.17) is 32.4 Å². The molecule has 0 atom stereocenters. The van der Waals surface area contributed by atoms with Crippen molar-refractivity contribution in [3.63, 3.8) is 0 Å². The molecule has 0 unspecified atom stereocenters. The van der Waals surface area contributed by atoms with Gasteiger partial charge in [-0.3, -0.25) is 0 Å². The predicted octanol–water partition coefficient (Wildman–Crippen LogP) is 3.77. The zero-order chi connectivity index (χ0) is 9.97. The fraction of sp³-hybridized carbons (Fsp3) is 0. The molecule has 2 rings (SSSR count). The van der Waals surface area contributed by atoms with Crippen molar-refractivity contribution in [2.75, 3.05) is 0 Å². The maximum absolute atomic E-state index is 5.87. The number of aromatic nitrogens is 1. The lowest BCUT2D eigenvalue weighted by Crippen LogP contribution is -1.84. The minimum atomic E-state index is 0.147. The molecule has 5 heteroatoms. The summed E-state index contributed by atoms with van der Waals surface area (Å²) in [6.45, 7) is 0. The van der Waals surface area contributed by atoms with Crippen LogP contribution in [0.2, 0.25) is 10.0 Å². The molecular weight excluding hydrogens is 225 g/mol. The fourth-order valence-corrected chi connectivity index (χ4v) is 1.36. The Balaban J connectivity index is 2.25. The lowest BCUT2D eigenvalue weighted by Gasteiger charge is -2.02. The van der Waals surface area contributed by atoms with Crippen molar-refractivity contribution in [1.29, 1.82) is 0 Å². The average Bonchev–Trinajstić information content (AvgIpc) is 2.62. The molecule has 0 aliphatic heterocycles. The fourth-order valence-electron chi connectivity index (χ4n) is 0.913. The first-order chi connectivity index (χ1) is 6.75. The van der Waals surface area contributed by atoms with E-state index in [2.05, 4.69) is 4.98 Å². The van der Waals surface area contributed by atoms with Crippen molar-refractivity contribution in [1.82, 2.24) is 4.98 Å². The van der Waals surface area contributed by atoms with Crippen LogP contribution in [0.25, 0.3) is 0 Å². The Kier molecular flexibility index (Phi) is 2.61. The monoisotopic (exact) mass is 229 g/mol. The number of hydrogen-bond acceptors (Lipinski definition) is 3. The van der Waals surface area contributed by atoms with Crippen molar-refractivity contribution < 1.29 is 9.15 Å². The first-order valence-electron chi connectivity index (χ1n) is 3.78. The van der Waals surface area contributed by atoms with Crippen LogP contribution in [0.15, 0.2) is 35.1 Å². The van der Waals surface area contributed by atoms with Gasteiger partial charge in [0.1, 0.15) is 6.26 Å².